The summed E-state index contributed by atoms with van der Waals surface area (Å²) in [7, 11) is 0. The normalized spacial score (nSPS) is 12.3. The third-order valence-electron chi connectivity index (χ3n) is 4.96. The van der Waals surface area contributed by atoms with Crippen LogP contribution in [-0.2, 0) is 19.5 Å². The summed E-state index contributed by atoms with van der Waals surface area (Å²) in [6.45, 7) is 5.42. The summed E-state index contributed by atoms with van der Waals surface area (Å²) < 4.78 is 17.0. The number of fused-ring (bicyclic) bond motifs is 1. The van der Waals surface area contributed by atoms with Crippen LogP contribution in [0.15, 0.2) is 67.0 Å². The molecule has 2 aromatic carbocycles. The van der Waals surface area contributed by atoms with Gasteiger partial charge in [-0.15, -0.1) is 0 Å². The molecule has 0 saturated heterocycles. The summed E-state index contributed by atoms with van der Waals surface area (Å²) in [6.07, 6.45) is 4.67. The lowest BCUT2D eigenvalue weighted by Gasteiger charge is -2.24. The lowest BCUT2D eigenvalue weighted by molar-refractivity contribution is 0.173. The van der Waals surface area contributed by atoms with Gasteiger partial charge in [-0.05, 0) is 42.7 Å². The van der Waals surface area contributed by atoms with E-state index in [1.54, 1.807) is 0 Å². The molecule has 5 nitrogen and oxygen atoms in total. The zero-order chi connectivity index (χ0) is 19.9. The topological polar surface area (TPSA) is 43.8 Å². The van der Waals surface area contributed by atoms with Crippen LogP contribution in [-0.4, -0.2) is 29.8 Å². The number of pyridine rings is 1. The highest BCUT2D eigenvalue weighted by molar-refractivity contribution is 5.51. The molecule has 4 rings (SSSR count). The van der Waals surface area contributed by atoms with E-state index < -0.39 is 0 Å². The summed E-state index contributed by atoms with van der Waals surface area (Å²) in [4.78, 5) is 6.57. The van der Waals surface area contributed by atoms with E-state index in [2.05, 4.69) is 58.4 Å². The average molecular weight is 390 g/mol. The highest BCUT2D eigenvalue weighted by Crippen LogP contribution is 2.38. The Morgan fingerprint density at radius 2 is 1.69 bits per heavy atom. The van der Waals surface area contributed by atoms with E-state index in [9.17, 15) is 0 Å². The summed E-state index contributed by atoms with van der Waals surface area (Å²) in [5.74, 6) is 2.40. The summed E-state index contributed by atoms with van der Waals surface area (Å²) in [5, 5.41) is 0. The van der Waals surface area contributed by atoms with Crippen LogP contribution in [0.1, 0.15) is 23.6 Å². The molecule has 1 aliphatic rings. The van der Waals surface area contributed by atoms with Crippen LogP contribution >= 0.6 is 0 Å². The molecule has 0 saturated carbocycles. The van der Waals surface area contributed by atoms with Crippen molar-refractivity contribution in [1.29, 1.82) is 0 Å². The molecule has 0 fully saturated rings. The monoisotopic (exact) mass is 390 g/mol. The standard InChI is InChI=1S/C24H26N2O3/c1-2-27-22-15-24-23(28-18-29-24)14-21(22)17-26(16-20-8-11-25-12-9-20)13-10-19-6-4-3-5-7-19/h3-9,11-12,14-15H,2,10,13,16-18H2,1H3. The van der Waals surface area contributed by atoms with E-state index in [0.717, 1.165) is 48.9 Å². The first-order chi connectivity index (χ1) is 14.3. The fourth-order valence-corrected chi connectivity index (χ4v) is 3.51. The largest absolute Gasteiger partial charge is 0.493 e. The molecule has 0 aliphatic carbocycles. The number of hydrogen-bond donors (Lipinski definition) is 0. The smallest absolute Gasteiger partial charge is 0.231 e. The number of benzene rings is 2. The van der Waals surface area contributed by atoms with Gasteiger partial charge in [0.25, 0.3) is 0 Å². The minimum Gasteiger partial charge on any atom is -0.493 e. The van der Waals surface area contributed by atoms with Gasteiger partial charge in [0.2, 0.25) is 6.79 Å². The maximum absolute atomic E-state index is 5.90. The van der Waals surface area contributed by atoms with Crippen molar-refractivity contribution in [3.05, 3.63) is 83.7 Å². The highest BCUT2D eigenvalue weighted by Gasteiger charge is 2.20. The number of nitrogens with zero attached hydrogens (tertiary/aromatic N) is 2. The van der Waals surface area contributed by atoms with Crippen molar-refractivity contribution in [3.8, 4) is 17.2 Å². The molecule has 5 heteroatoms. The van der Waals surface area contributed by atoms with Gasteiger partial charge in [0.1, 0.15) is 5.75 Å². The molecular formula is C24H26N2O3. The van der Waals surface area contributed by atoms with E-state index in [1.807, 2.05) is 25.4 Å². The second-order valence-corrected chi connectivity index (χ2v) is 7.05. The molecular weight excluding hydrogens is 364 g/mol. The first kappa shape index (κ1) is 19.3. The van der Waals surface area contributed by atoms with E-state index in [-0.39, 0.29) is 6.79 Å². The van der Waals surface area contributed by atoms with Crippen molar-refractivity contribution in [1.82, 2.24) is 9.88 Å². The minimum atomic E-state index is 0.263. The Balaban J connectivity index is 1.55. The molecule has 1 aliphatic heterocycles. The van der Waals surface area contributed by atoms with Gasteiger partial charge < -0.3 is 14.2 Å². The fourth-order valence-electron chi connectivity index (χ4n) is 3.51. The van der Waals surface area contributed by atoms with E-state index in [0.29, 0.717) is 6.61 Å². The molecule has 0 radical (unpaired) electrons. The van der Waals surface area contributed by atoms with Gasteiger partial charge in [-0.2, -0.15) is 0 Å². The summed E-state index contributed by atoms with van der Waals surface area (Å²) >= 11 is 0. The van der Waals surface area contributed by atoms with Crippen LogP contribution in [0.25, 0.3) is 0 Å². The third kappa shape index (κ3) is 5.06. The SMILES string of the molecule is CCOc1cc2c(cc1CN(CCc1ccccc1)Cc1ccncc1)OCO2. The van der Waals surface area contributed by atoms with Crippen LogP contribution in [0.4, 0.5) is 0 Å². The number of hydrogen-bond acceptors (Lipinski definition) is 5. The van der Waals surface area contributed by atoms with Gasteiger partial charge in [-0.3, -0.25) is 9.88 Å². The van der Waals surface area contributed by atoms with Crippen LogP contribution in [0.5, 0.6) is 17.2 Å². The molecule has 0 atom stereocenters. The van der Waals surface area contributed by atoms with Crippen LogP contribution in [0.3, 0.4) is 0 Å². The van der Waals surface area contributed by atoms with Crippen molar-refractivity contribution in [2.75, 3.05) is 19.9 Å². The fraction of sp³-hybridized carbons (Fsp3) is 0.292. The van der Waals surface area contributed by atoms with Crippen molar-refractivity contribution < 1.29 is 14.2 Å². The molecule has 0 N–H and O–H groups in total. The lowest BCUT2D eigenvalue weighted by atomic mass is 10.1. The second kappa shape index (κ2) is 9.43. The van der Waals surface area contributed by atoms with Gasteiger partial charge in [-0.25, -0.2) is 0 Å². The van der Waals surface area contributed by atoms with Crippen LogP contribution in [0.2, 0.25) is 0 Å². The maximum Gasteiger partial charge on any atom is 0.231 e. The van der Waals surface area contributed by atoms with Crippen LogP contribution in [0, 0.1) is 0 Å². The molecule has 0 bridgehead atoms. The van der Waals surface area contributed by atoms with E-state index in [1.165, 1.54) is 11.1 Å². The first-order valence-electron chi connectivity index (χ1n) is 10.0. The molecule has 2 heterocycles. The van der Waals surface area contributed by atoms with Crippen molar-refractivity contribution in [2.45, 2.75) is 26.4 Å². The van der Waals surface area contributed by atoms with E-state index in [4.69, 9.17) is 14.2 Å². The molecule has 0 spiro atoms. The number of ether oxygens (including phenoxy) is 3. The third-order valence-corrected chi connectivity index (χ3v) is 4.96. The van der Waals surface area contributed by atoms with Crippen LogP contribution < -0.4 is 14.2 Å². The van der Waals surface area contributed by atoms with Gasteiger partial charge in [0.05, 0.1) is 6.61 Å². The molecule has 1 aromatic heterocycles. The van der Waals surface area contributed by atoms with Crippen molar-refractivity contribution in [2.24, 2.45) is 0 Å². The summed E-state index contributed by atoms with van der Waals surface area (Å²) in [6, 6.07) is 18.7. The Labute approximate surface area is 171 Å². The maximum atomic E-state index is 5.90. The summed E-state index contributed by atoms with van der Waals surface area (Å²) in [5.41, 5.74) is 3.69. The zero-order valence-electron chi connectivity index (χ0n) is 16.7. The van der Waals surface area contributed by atoms with Crippen molar-refractivity contribution in [3.63, 3.8) is 0 Å². The van der Waals surface area contributed by atoms with Gasteiger partial charge in [-0.1, -0.05) is 30.3 Å². The lowest BCUT2D eigenvalue weighted by Crippen LogP contribution is -2.25. The molecule has 3 aromatic rings. The molecule has 0 amide bonds. The first-order valence-corrected chi connectivity index (χ1v) is 10.0. The Hall–Kier alpha value is -3.05. The number of rotatable bonds is 9. The van der Waals surface area contributed by atoms with Crippen molar-refractivity contribution >= 4 is 0 Å². The quantitative estimate of drug-likeness (QED) is 0.540. The molecule has 29 heavy (non-hydrogen) atoms. The number of aromatic nitrogens is 1. The Bertz CT molecular complexity index is 916. The van der Waals surface area contributed by atoms with Gasteiger partial charge in [0, 0.05) is 43.7 Å². The van der Waals surface area contributed by atoms with E-state index >= 15 is 0 Å². The molecule has 150 valence electrons. The Morgan fingerprint density at radius 3 is 2.45 bits per heavy atom. The minimum absolute atomic E-state index is 0.263. The predicted molar refractivity (Wildman–Crippen MR) is 112 cm³/mol. The zero-order valence-corrected chi connectivity index (χ0v) is 16.7. The predicted octanol–water partition coefficient (Wildman–Crippen LogP) is 4.45. The second-order valence-electron chi connectivity index (χ2n) is 7.05. The molecule has 0 unspecified atom stereocenters. The highest BCUT2D eigenvalue weighted by atomic mass is 16.7. The Morgan fingerprint density at radius 1 is 0.931 bits per heavy atom. The van der Waals surface area contributed by atoms with Gasteiger partial charge in [0.15, 0.2) is 11.5 Å². The Kier molecular flexibility index (Phi) is 6.27. The van der Waals surface area contributed by atoms with Gasteiger partial charge >= 0.3 is 0 Å². The average Bonchev–Trinajstić information content (AvgIpc) is 3.21.